The molecule has 0 unspecified atom stereocenters. The van der Waals surface area contributed by atoms with Crippen LogP contribution in [-0.4, -0.2) is 11.7 Å². The third-order valence-electron chi connectivity index (χ3n) is 1.83. The summed E-state index contributed by atoms with van der Waals surface area (Å²) in [6.07, 6.45) is 0. The molecule has 4 nitrogen and oxygen atoms in total. The first-order valence-corrected chi connectivity index (χ1v) is 4.27. The summed E-state index contributed by atoms with van der Waals surface area (Å²) >= 11 is 0. The zero-order chi connectivity index (χ0) is 10.7. The van der Waals surface area contributed by atoms with Crippen molar-refractivity contribution in [1.29, 1.82) is 0 Å². The van der Waals surface area contributed by atoms with Crippen molar-refractivity contribution in [2.45, 2.75) is 6.92 Å². The Morgan fingerprint density at radius 3 is 2.64 bits per heavy atom. The van der Waals surface area contributed by atoms with Crippen LogP contribution in [0.3, 0.4) is 0 Å². The third kappa shape index (κ3) is 1.74. The van der Waals surface area contributed by atoms with Gasteiger partial charge in [0.1, 0.15) is 11.5 Å². The van der Waals surface area contributed by atoms with E-state index in [9.17, 15) is 5.11 Å². The van der Waals surface area contributed by atoms with Crippen molar-refractivity contribution in [3.8, 4) is 5.75 Å². The summed E-state index contributed by atoms with van der Waals surface area (Å²) in [5.41, 5.74) is 12.4. The van der Waals surface area contributed by atoms with Crippen LogP contribution in [0.15, 0.2) is 18.7 Å². The first-order chi connectivity index (χ1) is 6.57. The van der Waals surface area contributed by atoms with Crippen molar-refractivity contribution < 1.29 is 9.84 Å². The topological polar surface area (TPSA) is 81.5 Å². The van der Waals surface area contributed by atoms with Gasteiger partial charge in [-0.15, -0.1) is 0 Å². The summed E-state index contributed by atoms with van der Waals surface area (Å²) in [7, 11) is 0. The predicted octanol–water partition coefficient (Wildman–Crippen LogP) is 1.78. The van der Waals surface area contributed by atoms with Gasteiger partial charge in [0.2, 0.25) is 0 Å². The Morgan fingerprint density at radius 2 is 2.14 bits per heavy atom. The molecule has 0 heterocycles. The van der Waals surface area contributed by atoms with Gasteiger partial charge >= 0.3 is 0 Å². The molecule has 0 saturated carbocycles. The quantitative estimate of drug-likeness (QED) is 0.506. The summed E-state index contributed by atoms with van der Waals surface area (Å²) in [6.45, 7) is 5.74. The molecule has 4 heteroatoms. The molecule has 0 bridgehead atoms. The van der Waals surface area contributed by atoms with Gasteiger partial charge in [0.15, 0.2) is 0 Å². The number of ether oxygens (including phenoxy) is 1. The fraction of sp³-hybridized carbons (Fsp3) is 0.200. The molecule has 0 aliphatic rings. The van der Waals surface area contributed by atoms with E-state index in [1.807, 2.05) is 6.92 Å². The van der Waals surface area contributed by atoms with E-state index in [1.54, 1.807) is 12.1 Å². The molecule has 0 radical (unpaired) electrons. The van der Waals surface area contributed by atoms with Crippen LogP contribution in [0.4, 0.5) is 11.4 Å². The van der Waals surface area contributed by atoms with Crippen molar-refractivity contribution in [3.05, 3.63) is 24.3 Å². The van der Waals surface area contributed by atoms with E-state index in [4.69, 9.17) is 16.2 Å². The van der Waals surface area contributed by atoms with E-state index in [0.717, 1.165) is 0 Å². The van der Waals surface area contributed by atoms with E-state index >= 15 is 0 Å². The zero-order valence-electron chi connectivity index (χ0n) is 8.08. The Bertz CT molecular complexity index is 361. The molecule has 76 valence electrons. The summed E-state index contributed by atoms with van der Waals surface area (Å²) in [5, 5.41) is 9.27. The predicted molar refractivity (Wildman–Crippen MR) is 58.1 cm³/mol. The molecule has 0 aliphatic carbocycles. The van der Waals surface area contributed by atoms with Gasteiger partial charge in [0.05, 0.1) is 17.9 Å². The molecule has 0 amide bonds. The minimum absolute atomic E-state index is 0.151. The number of aliphatic hydroxyl groups is 1. The fourth-order valence-electron chi connectivity index (χ4n) is 1.22. The molecule has 1 rings (SSSR count). The highest BCUT2D eigenvalue weighted by Crippen LogP contribution is 2.33. The zero-order valence-corrected chi connectivity index (χ0v) is 8.08. The first-order valence-electron chi connectivity index (χ1n) is 4.27. The summed E-state index contributed by atoms with van der Waals surface area (Å²) < 4.78 is 5.25. The molecule has 14 heavy (non-hydrogen) atoms. The van der Waals surface area contributed by atoms with Gasteiger partial charge in [0, 0.05) is 5.69 Å². The summed E-state index contributed by atoms with van der Waals surface area (Å²) in [5.74, 6) is 0.355. The Kier molecular flexibility index (Phi) is 2.86. The SMILES string of the molecule is C=C(O)c1c(N)ccc(OCC)c1N. The van der Waals surface area contributed by atoms with Crippen LogP contribution in [0.5, 0.6) is 5.75 Å². The minimum atomic E-state index is -0.151. The second-order valence-corrected chi connectivity index (χ2v) is 2.82. The average Bonchev–Trinajstić information content (AvgIpc) is 2.10. The number of aliphatic hydroxyl groups excluding tert-OH is 1. The number of benzene rings is 1. The van der Waals surface area contributed by atoms with Crippen LogP contribution in [-0.2, 0) is 0 Å². The van der Waals surface area contributed by atoms with Gasteiger partial charge in [-0.2, -0.15) is 0 Å². The van der Waals surface area contributed by atoms with Crippen LogP contribution in [0.2, 0.25) is 0 Å². The molecule has 0 aromatic heterocycles. The second kappa shape index (κ2) is 3.91. The highest BCUT2D eigenvalue weighted by molar-refractivity contribution is 5.82. The molecule has 0 saturated heterocycles. The van der Waals surface area contributed by atoms with Crippen molar-refractivity contribution in [2.75, 3.05) is 18.1 Å². The molecule has 5 N–H and O–H groups in total. The lowest BCUT2D eigenvalue weighted by Gasteiger charge is -2.12. The molecular formula is C10H14N2O2. The van der Waals surface area contributed by atoms with Crippen molar-refractivity contribution in [1.82, 2.24) is 0 Å². The van der Waals surface area contributed by atoms with Gasteiger partial charge in [0.25, 0.3) is 0 Å². The largest absolute Gasteiger partial charge is 0.508 e. The second-order valence-electron chi connectivity index (χ2n) is 2.82. The maximum absolute atomic E-state index is 9.27. The van der Waals surface area contributed by atoms with E-state index < -0.39 is 0 Å². The van der Waals surface area contributed by atoms with Gasteiger partial charge < -0.3 is 21.3 Å². The van der Waals surface area contributed by atoms with Gasteiger partial charge in [-0.05, 0) is 19.1 Å². The minimum Gasteiger partial charge on any atom is -0.508 e. The first kappa shape index (κ1) is 10.2. The van der Waals surface area contributed by atoms with Crippen LogP contribution in [0.1, 0.15) is 12.5 Å². The standard InChI is InChI=1S/C10H14N2O2/c1-3-14-8-5-4-7(11)9(6(2)13)10(8)12/h4-5,13H,2-3,11-12H2,1H3. The van der Waals surface area contributed by atoms with Gasteiger partial charge in [-0.1, -0.05) is 6.58 Å². The molecular weight excluding hydrogens is 180 g/mol. The molecule has 0 aliphatic heterocycles. The average molecular weight is 194 g/mol. The lowest BCUT2D eigenvalue weighted by atomic mass is 10.1. The Balaban J connectivity index is 3.26. The molecule has 0 spiro atoms. The van der Waals surface area contributed by atoms with E-state index in [1.165, 1.54) is 0 Å². The number of hydrogen-bond acceptors (Lipinski definition) is 4. The number of nitrogens with two attached hydrogens (primary N) is 2. The van der Waals surface area contributed by atoms with E-state index in [-0.39, 0.29) is 5.76 Å². The van der Waals surface area contributed by atoms with Crippen LogP contribution in [0.25, 0.3) is 5.76 Å². The Morgan fingerprint density at radius 1 is 1.50 bits per heavy atom. The molecule has 1 aromatic rings. The Hall–Kier alpha value is -1.84. The highest BCUT2D eigenvalue weighted by atomic mass is 16.5. The number of nitrogen functional groups attached to an aromatic ring is 2. The summed E-state index contributed by atoms with van der Waals surface area (Å²) in [6, 6.07) is 3.29. The Labute approximate surface area is 82.8 Å². The normalized spacial score (nSPS) is 9.79. The van der Waals surface area contributed by atoms with Crippen LogP contribution in [0, 0.1) is 0 Å². The molecule has 0 atom stereocenters. The smallest absolute Gasteiger partial charge is 0.143 e. The van der Waals surface area contributed by atoms with Crippen molar-refractivity contribution >= 4 is 17.1 Å². The van der Waals surface area contributed by atoms with Crippen LogP contribution >= 0.6 is 0 Å². The summed E-state index contributed by atoms with van der Waals surface area (Å²) in [4.78, 5) is 0. The number of hydrogen-bond donors (Lipinski definition) is 3. The van der Waals surface area contributed by atoms with Gasteiger partial charge in [-0.3, -0.25) is 0 Å². The maximum Gasteiger partial charge on any atom is 0.143 e. The highest BCUT2D eigenvalue weighted by Gasteiger charge is 2.11. The third-order valence-corrected chi connectivity index (χ3v) is 1.83. The van der Waals surface area contributed by atoms with Crippen LogP contribution < -0.4 is 16.2 Å². The molecule has 0 fully saturated rings. The monoisotopic (exact) mass is 194 g/mol. The lowest BCUT2D eigenvalue weighted by molar-refractivity contribution is 0.342. The molecule has 1 aromatic carbocycles. The van der Waals surface area contributed by atoms with Crippen molar-refractivity contribution in [3.63, 3.8) is 0 Å². The van der Waals surface area contributed by atoms with Crippen molar-refractivity contribution in [2.24, 2.45) is 0 Å². The fourth-order valence-corrected chi connectivity index (χ4v) is 1.22. The number of rotatable bonds is 3. The van der Waals surface area contributed by atoms with Gasteiger partial charge in [-0.25, -0.2) is 0 Å². The maximum atomic E-state index is 9.27. The van der Waals surface area contributed by atoms with E-state index in [2.05, 4.69) is 6.58 Å². The van der Waals surface area contributed by atoms with E-state index in [0.29, 0.717) is 29.3 Å². The lowest BCUT2D eigenvalue weighted by Crippen LogP contribution is -2.03. The number of anilines is 2.